The monoisotopic (exact) mass is 224 g/mol. The molecule has 0 bridgehead atoms. The first-order valence-corrected chi connectivity index (χ1v) is 5.21. The summed E-state index contributed by atoms with van der Waals surface area (Å²) in [6.45, 7) is 0.609. The van der Waals surface area contributed by atoms with Crippen LogP contribution >= 0.6 is 0 Å². The molecule has 1 rings (SSSR count). The van der Waals surface area contributed by atoms with Crippen molar-refractivity contribution in [2.75, 3.05) is 13.7 Å². The van der Waals surface area contributed by atoms with Gasteiger partial charge < -0.3 is 10.5 Å². The van der Waals surface area contributed by atoms with Crippen LogP contribution in [0, 0.1) is 10.1 Å². The number of nitro benzene ring substituents is 1. The Balaban J connectivity index is 2.93. The van der Waals surface area contributed by atoms with Crippen LogP contribution in [0.15, 0.2) is 18.2 Å². The van der Waals surface area contributed by atoms with Crippen molar-refractivity contribution in [3.8, 4) is 5.75 Å². The summed E-state index contributed by atoms with van der Waals surface area (Å²) in [5, 5.41) is 10.9. The Morgan fingerprint density at radius 3 is 2.75 bits per heavy atom. The highest BCUT2D eigenvalue weighted by Crippen LogP contribution is 2.31. The van der Waals surface area contributed by atoms with Gasteiger partial charge in [-0.25, -0.2) is 0 Å². The molecule has 5 nitrogen and oxygen atoms in total. The van der Waals surface area contributed by atoms with Gasteiger partial charge in [0.2, 0.25) is 0 Å². The zero-order valence-electron chi connectivity index (χ0n) is 9.31. The molecule has 0 saturated carbocycles. The quantitative estimate of drug-likeness (QED) is 0.454. The lowest BCUT2D eigenvalue weighted by molar-refractivity contribution is -0.386. The number of nitrogens with zero attached hydrogens (tertiary/aromatic N) is 1. The van der Waals surface area contributed by atoms with Crippen LogP contribution in [0.3, 0.4) is 0 Å². The zero-order chi connectivity index (χ0) is 12.0. The van der Waals surface area contributed by atoms with Crippen molar-refractivity contribution in [2.45, 2.75) is 19.3 Å². The summed E-state index contributed by atoms with van der Waals surface area (Å²) in [5.41, 5.74) is 6.17. The van der Waals surface area contributed by atoms with Gasteiger partial charge in [-0.2, -0.15) is 0 Å². The number of rotatable bonds is 6. The van der Waals surface area contributed by atoms with Gasteiger partial charge >= 0.3 is 5.69 Å². The van der Waals surface area contributed by atoms with Gasteiger partial charge in [-0.1, -0.05) is 12.1 Å². The average molecular weight is 224 g/mol. The standard InChI is InChI=1S/C11H16N2O3/c1-16-10-7-4-6-9(5-2-3-8-12)11(10)13(14)15/h4,6-7H,2-3,5,8,12H2,1H3. The number of methoxy groups -OCH3 is 1. The molecule has 0 aliphatic heterocycles. The predicted molar refractivity (Wildman–Crippen MR) is 61.6 cm³/mol. The maximum Gasteiger partial charge on any atom is 0.314 e. The lowest BCUT2D eigenvalue weighted by atomic mass is 10.1. The van der Waals surface area contributed by atoms with E-state index in [1.807, 2.05) is 0 Å². The molecule has 0 saturated heterocycles. The molecule has 0 spiro atoms. The van der Waals surface area contributed by atoms with Gasteiger partial charge in [0.15, 0.2) is 5.75 Å². The summed E-state index contributed by atoms with van der Waals surface area (Å²) >= 11 is 0. The first-order chi connectivity index (χ1) is 7.70. The van der Waals surface area contributed by atoms with Crippen LogP contribution in [0.2, 0.25) is 0 Å². The molecule has 0 fully saturated rings. The fourth-order valence-electron chi connectivity index (χ4n) is 1.60. The highest BCUT2D eigenvalue weighted by atomic mass is 16.6. The molecule has 0 aliphatic carbocycles. The molecule has 1 aromatic carbocycles. The fraction of sp³-hybridized carbons (Fsp3) is 0.455. The van der Waals surface area contributed by atoms with Crippen LogP contribution in [0.1, 0.15) is 18.4 Å². The van der Waals surface area contributed by atoms with Gasteiger partial charge in [0.05, 0.1) is 12.0 Å². The SMILES string of the molecule is COc1cccc(CCCCN)c1[N+](=O)[O-]. The number of hydrogen-bond acceptors (Lipinski definition) is 4. The lowest BCUT2D eigenvalue weighted by Crippen LogP contribution is -2.02. The summed E-state index contributed by atoms with van der Waals surface area (Å²) in [4.78, 5) is 10.5. The van der Waals surface area contributed by atoms with Crippen LogP contribution in [0.5, 0.6) is 5.75 Å². The van der Waals surface area contributed by atoms with E-state index in [-0.39, 0.29) is 5.69 Å². The number of nitro groups is 1. The van der Waals surface area contributed by atoms with E-state index in [0.29, 0.717) is 24.3 Å². The Labute approximate surface area is 94.4 Å². The highest BCUT2D eigenvalue weighted by Gasteiger charge is 2.19. The fourth-order valence-corrected chi connectivity index (χ4v) is 1.60. The molecule has 0 radical (unpaired) electrons. The minimum atomic E-state index is -0.392. The zero-order valence-corrected chi connectivity index (χ0v) is 9.31. The van der Waals surface area contributed by atoms with Crippen molar-refractivity contribution in [2.24, 2.45) is 5.73 Å². The Hall–Kier alpha value is -1.62. The molecule has 1 aromatic rings. The van der Waals surface area contributed by atoms with E-state index >= 15 is 0 Å². The van der Waals surface area contributed by atoms with Gasteiger partial charge in [-0.3, -0.25) is 10.1 Å². The van der Waals surface area contributed by atoms with Gasteiger partial charge in [-0.15, -0.1) is 0 Å². The molecule has 0 atom stereocenters. The Bertz CT molecular complexity index is 366. The van der Waals surface area contributed by atoms with Crippen molar-refractivity contribution in [3.05, 3.63) is 33.9 Å². The molecule has 5 heteroatoms. The number of unbranched alkanes of at least 4 members (excludes halogenated alkanes) is 1. The summed E-state index contributed by atoms with van der Waals surface area (Å²) < 4.78 is 4.99. The molecular weight excluding hydrogens is 208 g/mol. The second-order valence-corrected chi connectivity index (χ2v) is 3.47. The smallest absolute Gasteiger partial charge is 0.314 e. The lowest BCUT2D eigenvalue weighted by Gasteiger charge is -2.06. The Kier molecular flexibility index (Phi) is 4.72. The summed E-state index contributed by atoms with van der Waals surface area (Å²) in [6.07, 6.45) is 2.38. The molecule has 0 aromatic heterocycles. The van der Waals surface area contributed by atoms with E-state index in [1.165, 1.54) is 7.11 Å². The maximum absolute atomic E-state index is 10.9. The second-order valence-electron chi connectivity index (χ2n) is 3.47. The van der Waals surface area contributed by atoms with Gasteiger partial charge in [0, 0.05) is 5.56 Å². The maximum atomic E-state index is 10.9. The molecule has 0 unspecified atom stereocenters. The minimum Gasteiger partial charge on any atom is -0.490 e. The molecule has 16 heavy (non-hydrogen) atoms. The van der Waals surface area contributed by atoms with Crippen LogP contribution < -0.4 is 10.5 Å². The van der Waals surface area contributed by atoms with E-state index in [0.717, 1.165) is 12.8 Å². The van der Waals surface area contributed by atoms with Crippen molar-refractivity contribution < 1.29 is 9.66 Å². The van der Waals surface area contributed by atoms with Crippen LogP contribution in [0.25, 0.3) is 0 Å². The van der Waals surface area contributed by atoms with E-state index in [4.69, 9.17) is 10.5 Å². The van der Waals surface area contributed by atoms with Gasteiger partial charge in [0.25, 0.3) is 0 Å². The molecular formula is C11H16N2O3. The van der Waals surface area contributed by atoms with Gasteiger partial charge in [0.1, 0.15) is 0 Å². The normalized spacial score (nSPS) is 10.1. The number of nitrogens with two attached hydrogens (primary N) is 1. The molecule has 88 valence electrons. The first kappa shape index (κ1) is 12.4. The number of ether oxygens (including phenoxy) is 1. The third-order valence-corrected chi connectivity index (χ3v) is 2.39. The minimum absolute atomic E-state index is 0.0713. The van der Waals surface area contributed by atoms with Crippen LogP contribution in [0.4, 0.5) is 5.69 Å². The van der Waals surface area contributed by atoms with E-state index < -0.39 is 4.92 Å². The third-order valence-electron chi connectivity index (χ3n) is 2.39. The number of hydrogen-bond donors (Lipinski definition) is 1. The predicted octanol–water partition coefficient (Wildman–Crippen LogP) is 1.88. The number of aryl methyl sites for hydroxylation is 1. The summed E-state index contributed by atoms with van der Waals surface area (Å²) in [6, 6.07) is 5.13. The largest absolute Gasteiger partial charge is 0.490 e. The van der Waals surface area contributed by atoms with Crippen molar-refractivity contribution in [1.82, 2.24) is 0 Å². The summed E-state index contributed by atoms with van der Waals surface area (Å²) in [5.74, 6) is 0.315. The first-order valence-electron chi connectivity index (χ1n) is 5.21. The van der Waals surface area contributed by atoms with Gasteiger partial charge in [-0.05, 0) is 31.9 Å². The third kappa shape index (κ3) is 2.93. The van der Waals surface area contributed by atoms with E-state index in [9.17, 15) is 10.1 Å². The van der Waals surface area contributed by atoms with Crippen molar-refractivity contribution >= 4 is 5.69 Å². The van der Waals surface area contributed by atoms with Crippen LogP contribution in [-0.2, 0) is 6.42 Å². The molecule has 2 N–H and O–H groups in total. The average Bonchev–Trinajstić information content (AvgIpc) is 2.28. The van der Waals surface area contributed by atoms with Crippen molar-refractivity contribution in [1.29, 1.82) is 0 Å². The highest BCUT2D eigenvalue weighted by molar-refractivity contribution is 5.52. The number of benzene rings is 1. The Morgan fingerprint density at radius 2 is 2.19 bits per heavy atom. The van der Waals surface area contributed by atoms with E-state index in [2.05, 4.69) is 0 Å². The van der Waals surface area contributed by atoms with Crippen molar-refractivity contribution in [3.63, 3.8) is 0 Å². The summed E-state index contributed by atoms with van der Waals surface area (Å²) in [7, 11) is 1.44. The number of para-hydroxylation sites is 1. The molecule has 0 heterocycles. The Morgan fingerprint density at radius 1 is 1.44 bits per heavy atom. The topological polar surface area (TPSA) is 78.4 Å². The molecule has 0 amide bonds. The van der Waals surface area contributed by atoms with E-state index in [1.54, 1.807) is 18.2 Å². The molecule has 0 aliphatic rings. The second kappa shape index (κ2) is 6.07. The van der Waals surface area contributed by atoms with Crippen LogP contribution in [-0.4, -0.2) is 18.6 Å².